The third-order valence-electron chi connectivity index (χ3n) is 5.05. The van der Waals surface area contributed by atoms with E-state index in [0.29, 0.717) is 12.2 Å². The molecule has 3 aromatic rings. The van der Waals surface area contributed by atoms with E-state index < -0.39 is 5.60 Å². The molecule has 1 N–H and O–H groups in total. The lowest BCUT2D eigenvalue weighted by Crippen LogP contribution is -2.41. The Morgan fingerprint density at radius 2 is 1.73 bits per heavy atom. The molecule has 1 heterocycles. The van der Waals surface area contributed by atoms with E-state index in [1.54, 1.807) is 0 Å². The monoisotopic (exact) mass is 418 g/mol. The number of nitrogens with zero attached hydrogens (tertiary/aromatic N) is 1. The molecular formula is C24H22N2O3S. The van der Waals surface area contributed by atoms with Crippen LogP contribution in [0.1, 0.15) is 24.5 Å². The molecule has 1 unspecified atom stereocenters. The zero-order valence-corrected chi connectivity index (χ0v) is 17.6. The van der Waals surface area contributed by atoms with Gasteiger partial charge in [0.2, 0.25) is 5.60 Å². The molecule has 1 saturated heterocycles. The van der Waals surface area contributed by atoms with Crippen molar-refractivity contribution in [3.63, 3.8) is 0 Å². The van der Waals surface area contributed by atoms with Gasteiger partial charge in [0.25, 0.3) is 11.1 Å². The van der Waals surface area contributed by atoms with Crippen molar-refractivity contribution in [3.8, 4) is 11.5 Å². The number of carbonyl (C=O) groups is 1. The van der Waals surface area contributed by atoms with Gasteiger partial charge in [-0.3, -0.25) is 10.2 Å². The van der Waals surface area contributed by atoms with E-state index in [2.05, 4.69) is 5.43 Å². The maximum Gasteiger partial charge on any atom is 0.297 e. The molecule has 0 bridgehead atoms. The molecule has 1 aliphatic heterocycles. The highest BCUT2D eigenvalue weighted by Crippen LogP contribution is 2.38. The third kappa shape index (κ3) is 3.74. The maximum atomic E-state index is 13.3. The number of hydrogen-bond acceptors (Lipinski definition) is 5. The first-order valence-electron chi connectivity index (χ1n) is 9.76. The summed E-state index contributed by atoms with van der Waals surface area (Å²) in [6, 6.07) is 24.6. The summed E-state index contributed by atoms with van der Waals surface area (Å²) in [6.45, 7) is 3.92. The van der Waals surface area contributed by atoms with E-state index in [-0.39, 0.29) is 11.1 Å². The van der Waals surface area contributed by atoms with Gasteiger partial charge in [-0.2, -0.15) is 5.01 Å². The number of rotatable bonds is 6. The van der Waals surface area contributed by atoms with Crippen LogP contribution in [-0.2, 0) is 15.1 Å². The summed E-state index contributed by atoms with van der Waals surface area (Å²) in [6.07, 6.45) is 0.441. The van der Waals surface area contributed by atoms with Gasteiger partial charge >= 0.3 is 0 Å². The molecule has 1 amide bonds. The summed E-state index contributed by atoms with van der Waals surface area (Å²) in [4.78, 5) is 13.3. The van der Waals surface area contributed by atoms with Gasteiger partial charge in [0.05, 0.1) is 5.69 Å². The van der Waals surface area contributed by atoms with Crippen molar-refractivity contribution in [3.05, 3.63) is 90.0 Å². The van der Waals surface area contributed by atoms with Crippen molar-refractivity contribution >= 4 is 29.0 Å². The fourth-order valence-corrected chi connectivity index (χ4v) is 3.73. The number of hydrazine groups is 1. The minimum Gasteiger partial charge on any atom is -0.457 e. The molecule has 1 atom stereocenters. The molecule has 1 fully saturated rings. The largest absolute Gasteiger partial charge is 0.457 e. The average molecular weight is 419 g/mol. The van der Waals surface area contributed by atoms with Crippen LogP contribution < -0.4 is 10.2 Å². The highest BCUT2D eigenvalue weighted by atomic mass is 32.1. The lowest BCUT2D eigenvalue weighted by molar-refractivity contribution is -0.137. The number of anilines is 1. The minimum absolute atomic E-state index is 0.103. The summed E-state index contributed by atoms with van der Waals surface area (Å²) < 4.78 is 11.9. The SMILES string of the molecule is CCC1(c2ccc(Oc3cccc(C)c3)cc2)OC(=S)N(Nc2ccccc2)C1=O. The first-order valence-corrected chi connectivity index (χ1v) is 10.2. The van der Waals surface area contributed by atoms with E-state index >= 15 is 0 Å². The van der Waals surface area contributed by atoms with Gasteiger partial charge in [-0.1, -0.05) is 49.4 Å². The Morgan fingerprint density at radius 1 is 1.00 bits per heavy atom. The summed E-state index contributed by atoms with van der Waals surface area (Å²) in [5, 5.41) is 1.40. The van der Waals surface area contributed by atoms with Crippen LogP contribution in [0.3, 0.4) is 0 Å². The van der Waals surface area contributed by atoms with E-state index in [9.17, 15) is 4.79 Å². The molecule has 4 rings (SSSR count). The quantitative estimate of drug-likeness (QED) is 0.531. The molecule has 5 nitrogen and oxygen atoms in total. The van der Waals surface area contributed by atoms with Crippen molar-refractivity contribution in [2.45, 2.75) is 25.9 Å². The summed E-state index contributed by atoms with van der Waals surface area (Å²) in [5.41, 5.74) is 4.48. The first-order chi connectivity index (χ1) is 14.5. The van der Waals surface area contributed by atoms with Crippen molar-refractivity contribution in [1.82, 2.24) is 5.01 Å². The number of benzene rings is 3. The van der Waals surface area contributed by atoms with E-state index in [0.717, 1.165) is 22.6 Å². The minimum atomic E-state index is -1.17. The van der Waals surface area contributed by atoms with Crippen LogP contribution in [0.15, 0.2) is 78.9 Å². The van der Waals surface area contributed by atoms with Crippen LogP contribution in [0.25, 0.3) is 0 Å². The highest BCUT2D eigenvalue weighted by molar-refractivity contribution is 7.80. The van der Waals surface area contributed by atoms with Crippen molar-refractivity contribution in [2.24, 2.45) is 0 Å². The van der Waals surface area contributed by atoms with Crippen LogP contribution in [0.2, 0.25) is 0 Å². The molecule has 30 heavy (non-hydrogen) atoms. The number of para-hydroxylation sites is 1. The molecule has 0 aromatic heterocycles. The predicted octanol–water partition coefficient (Wildman–Crippen LogP) is 5.56. The lowest BCUT2D eigenvalue weighted by atomic mass is 9.90. The summed E-state index contributed by atoms with van der Waals surface area (Å²) in [5.74, 6) is 1.20. The second kappa shape index (κ2) is 8.16. The van der Waals surface area contributed by atoms with Crippen LogP contribution in [0.5, 0.6) is 11.5 Å². The Hall–Kier alpha value is -3.38. The molecule has 0 radical (unpaired) electrons. The molecule has 0 spiro atoms. The van der Waals surface area contributed by atoms with E-state index in [4.69, 9.17) is 21.7 Å². The Balaban J connectivity index is 1.56. The lowest BCUT2D eigenvalue weighted by Gasteiger charge is -2.24. The number of ether oxygens (including phenoxy) is 2. The number of nitrogens with one attached hydrogen (secondary N) is 1. The van der Waals surface area contributed by atoms with Crippen molar-refractivity contribution in [2.75, 3.05) is 5.43 Å². The Morgan fingerprint density at radius 3 is 2.40 bits per heavy atom. The normalized spacial score (nSPS) is 18.3. The summed E-state index contributed by atoms with van der Waals surface area (Å²) in [7, 11) is 0. The molecule has 3 aromatic carbocycles. The second-order valence-electron chi connectivity index (χ2n) is 7.11. The average Bonchev–Trinajstić information content (AvgIpc) is 3.00. The fourth-order valence-electron chi connectivity index (χ4n) is 3.46. The number of amides is 1. The molecule has 0 saturated carbocycles. The Kier molecular flexibility index (Phi) is 5.42. The zero-order valence-electron chi connectivity index (χ0n) is 16.8. The molecule has 152 valence electrons. The maximum absolute atomic E-state index is 13.3. The molecular weight excluding hydrogens is 396 g/mol. The molecule has 0 aliphatic carbocycles. The number of hydrogen-bond donors (Lipinski definition) is 1. The first kappa shape index (κ1) is 19.9. The van der Waals surface area contributed by atoms with Gasteiger partial charge < -0.3 is 9.47 Å². The van der Waals surface area contributed by atoms with E-state index in [1.807, 2.05) is 92.7 Å². The van der Waals surface area contributed by atoms with Gasteiger partial charge in [-0.15, -0.1) is 0 Å². The Labute approximate surface area is 181 Å². The van der Waals surface area contributed by atoms with Crippen molar-refractivity contribution in [1.29, 1.82) is 0 Å². The second-order valence-corrected chi connectivity index (χ2v) is 7.46. The fraction of sp³-hybridized carbons (Fsp3) is 0.167. The zero-order chi connectivity index (χ0) is 21.1. The van der Waals surface area contributed by atoms with Crippen LogP contribution in [-0.4, -0.2) is 16.1 Å². The number of carbonyl (C=O) groups excluding carboxylic acids is 1. The Bertz CT molecular complexity index is 1070. The van der Waals surface area contributed by atoms with Gasteiger partial charge in [-0.25, -0.2) is 0 Å². The van der Waals surface area contributed by atoms with Gasteiger partial charge in [0.1, 0.15) is 11.5 Å². The summed E-state index contributed by atoms with van der Waals surface area (Å²) >= 11 is 5.35. The topological polar surface area (TPSA) is 50.8 Å². The predicted molar refractivity (Wildman–Crippen MR) is 120 cm³/mol. The van der Waals surface area contributed by atoms with Crippen LogP contribution in [0, 0.1) is 6.92 Å². The standard InChI is InChI=1S/C24H22N2O3S/c1-3-24(22(27)26(23(30)29-24)25-19-9-5-4-6-10-19)18-12-14-20(15-13-18)28-21-11-7-8-17(2)16-21/h4-16,25H,3H2,1-2H3. The van der Waals surface area contributed by atoms with E-state index in [1.165, 1.54) is 5.01 Å². The van der Waals surface area contributed by atoms with Crippen molar-refractivity contribution < 1.29 is 14.3 Å². The van der Waals surface area contributed by atoms with Crippen LogP contribution >= 0.6 is 12.2 Å². The van der Waals surface area contributed by atoms with Gasteiger partial charge in [0.15, 0.2) is 0 Å². The highest BCUT2D eigenvalue weighted by Gasteiger charge is 2.52. The van der Waals surface area contributed by atoms with Crippen LogP contribution in [0.4, 0.5) is 5.69 Å². The van der Waals surface area contributed by atoms with Gasteiger partial charge in [-0.05, 0) is 67.5 Å². The number of thiocarbonyl (C=S) groups is 1. The third-order valence-corrected chi connectivity index (χ3v) is 5.32. The molecule has 1 aliphatic rings. The molecule has 6 heteroatoms. The smallest absolute Gasteiger partial charge is 0.297 e. The number of aryl methyl sites for hydroxylation is 1. The van der Waals surface area contributed by atoms with Gasteiger partial charge in [0, 0.05) is 5.56 Å².